The third kappa shape index (κ3) is 5.58. The van der Waals surface area contributed by atoms with Gasteiger partial charge in [0.1, 0.15) is 0 Å². The molecule has 0 fully saturated rings. The number of carbonyl (C=O) groups excluding carboxylic acids is 2. The Morgan fingerprint density at radius 1 is 1.48 bits per heavy atom. The number of nitrogens with one attached hydrogen (secondary N) is 2. The Morgan fingerprint density at radius 2 is 2.14 bits per heavy atom. The Morgan fingerprint density at radius 3 is 2.67 bits per heavy atom. The van der Waals surface area contributed by atoms with Gasteiger partial charge in [-0.3, -0.25) is 14.9 Å². The zero-order valence-corrected chi connectivity index (χ0v) is 13.1. The molecule has 0 aromatic carbocycles. The van der Waals surface area contributed by atoms with E-state index in [1.807, 2.05) is 20.8 Å². The monoisotopic (exact) mass is 312 g/mol. The molecule has 0 radical (unpaired) electrons. The van der Waals surface area contributed by atoms with Crippen molar-refractivity contribution >= 4 is 23.7 Å². The van der Waals surface area contributed by atoms with Crippen LogP contribution in [0, 0.1) is 5.92 Å². The number of aryl methyl sites for hydroxylation is 1. The molecule has 0 unspecified atom stereocenters. The van der Waals surface area contributed by atoms with Gasteiger partial charge < -0.3 is 10.7 Å². The molecule has 0 spiro atoms. The second kappa shape index (κ2) is 7.82. The standard InChI is InChI=1S/C13H20N4O3S/c1-4-5-8-6-9(18)16-13(15-8)21-10(7(2)3)11(19)17-12(14)20/h6-7,10H,4-5H2,1-3H3,(H,15,16,18)(H3,14,17,19,20)/t10-/m1/s1. The Balaban J connectivity index is 2.96. The molecule has 8 heteroatoms. The summed E-state index contributed by atoms with van der Waals surface area (Å²) >= 11 is 1.11. The van der Waals surface area contributed by atoms with Crippen LogP contribution in [0.25, 0.3) is 0 Å². The average molecular weight is 312 g/mol. The van der Waals surface area contributed by atoms with Gasteiger partial charge in [0.25, 0.3) is 5.56 Å². The number of urea groups is 1. The average Bonchev–Trinajstić information content (AvgIpc) is 2.34. The van der Waals surface area contributed by atoms with Crippen LogP contribution in [0.5, 0.6) is 0 Å². The van der Waals surface area contributed by atoms with Crippen LogP contribution in [0.1, 0.15) is 32.9 Å². The lowest BCUT2D eigenvalue weighted by molar-refractivity contribution is -0.120. The lowest BCUT2D eigenvalue weighted by atomic mass is 10.1. The van der Waals surface area contributed by atoms with Crippen LogP contribution < -0.4 is 16.6 Å². The number of H-pyrrole nitrogens is 1. The molecular weight excluding hydrogens is 292 g/mol. The van der Waals surface area contributed by atoms with Crippen LogP contribution in [0.4, 0.5) is 4.79 Å². The molecule has 0 saturated carbocycles. The van der Waals surface area contributed by atoms with Crippen molar-refractivity contribution in [2.75, 3.05) is 0 Å². The third-order valence-electron chi connectivity index (χ3n) is 2.63. The first-order valence-corrected chi connectivity index (χ1v) is 7.58. The molecule has 0 aliphatic rings. The Kier molecular flexibility index (Phi) is 6.41. The highest BCUT2D eigenvalue weighted by Gasteiger charge is 2.25. The highest BCUT2D eigenvalue weighted by atomic mass is 32.2. The first kappa shape index (κ1) is 17.2. The van der Waals surface area contributed by atoms with E-state index in [2.05, 4.69) is 15.3 Å². The fourth-order valence-electron chi connectivity index (χ4n) is 1.73. The molecule has 1 rings (SSSR count). The van der Waals surface area contributed by atoms with Gasteiger partial charge in [0.05, 0.1) is 5.25 Å². The van der Waals surface area contributed by atoms with Crippen molar-refractivity contribution in [2.45, 2.75) is 44.0 Å². The zero-order chi connectivity index (χ0) is 16.0. The van der Waals surface area contributed by atoms with Gasteiger partial charge in [0.2, 0.25) is 5.91 Å². The molecule has 1 heterocycles. The van der Waals surface area contributed by atoms with E-state index in [4.69, 9.17) is 5.73 Å². The van der Waals surface area contributed by atoms with Gasteiger partial charge >= 0.3 is 6.03 Å². The lowest BCUT2D eigenvalue weighted by Gasteiger charge is -2.18. The summed E-state index contributed by atoms with van der Waals surface area (Å²) in [5.74, 6) is -0.555. The molecule has 4 N–H and O–H groups in total. The molecular formula is C13H20N4O3S. The molecule has 0 bridgehead atoms. The maximum absolute atomic E-state index is 11.9. The van der Waals surface area contributed by atoms with E-state index in [0.717, 1.165) is 18.2 Å². The fourth-order valence-corrected chi connectivity index (χ4v) is 2.74. The summed E-state index contributed by atoms with van der Waals surface area (Å²) in [6.45, 7) is 5.67. The van der Waals surface area contributed by atoms with E-state index in [-0.39, 0.29) is 11.5 Å². The first-order chi connectivity index (χ1) is 9.83. The smallest absolute Gasteiger partial charge is 0.318 e. The van der Waals surface area contributed by atoms with Gasteiger partial charge in [-0.15, -0.1) is 0 Å². The number of aromatic nitrogens is 2. The van der Waals surface area contributed by atoms with Gasteiger partial charge in [-0.25, -0.2) is 9.78 Å². The SMILES string of the molecule is CCCc1cc(=O)[nH]c(S[C@@H](C(=O)NC(N)=O)C(C)C)n1. The van der Waals surface area contributed by atoms with Crippen LogP contribution in [-0.2, 0) is 11.2 Å². The molecule has 1 atom stereocenters. The van der Waals surface area contributed by atoms with E-state index >= 15 is 0 Å². The van der Waals surface area contributed by atoms with E-state index in [0.29, 0.717) is 17.3 Å². The normalized spacial score (nSPS) is 12.2. The number of amides is 3. The minimum absolute atomic E-state index is 0.0607. The Hall–Kier alpha value is -1.83. The Labute approximate surface area is 127 Å². The molecule has 21 heavy (non-hydrogen) atoms. The predicted octanol–water partition coefficient (Wildman–Crippen LogP) is 1.03. The summed E-state index contributed by atoms with van der Waals surface area (Å²) in [5, 5.41) is 1.85. The number of nitrogens with zero attached hydrogens (tertiary/aromatic N) is 1. The van der Waals surface area contributed by atoms with Crippen LogP contribution in [0.2, 0.25) is 0 Å². The summed E-state index contributed by atoms with van der Waals surface area (Å²) in [6, 6.07) is 0.550. The van der Waals surface area contributed by atoms with E-state index < -0.39 is 17.2 Å². The largest absolute Gasteiger partial charge is 0.351 e. The van der Waals surface area contributed by atoms with Gasteiger partial charge in [-0.05, 0) is 12.3 Å². The number of thioether (sulfide) groups is 1. The van der Waals surface area contributed by atoms with Crippen molar-refractivity contribution in [3.8, 4) is 0 Å². The molecule has 1 aromatic rings. The molecule has 3 amide bonds. The molecule has 7 nitrogen and oxygen atoms in total. The van der Waals surface area contributed by atoms with Crippen molar-refractivity contribution in [3.63, 3.8) is 0 Å². The number of hydrogen-bond donors (Lipinski definition) is 3. The number of hydrogen-bond acceptors (Lipinski definition) is 5. The number of primary amides is 1. The summed E-state index contributed by atoms with van der Waals surface area (Å²) < 4.78 is 0. The van der Waals surface area contributed by atoms with Crippen LogP contribution in [-0.4, -0.2) is 27.2 Å². The van der Waals surface area contributed by atoms with Gasteiger partial charge in [-0.2, -0.15) is 0 Å². The summed E-state index contributed by atoms with van der Waals surface area (Å²) in [4.78, 5) is 41.3. The lowest BCUT2D eigenvalue weighted by Crippen LogP contribution is -2.42. The molecule has 0 aliphatic carbocycles. The zero-order valence-electron chi connectivity index (χ0n) is 12.3. The summed E-state index contributed by atoms with van der Waals surface area (Å²) in [5.41, 5.74) is 5.39. The minimum Gasteiger partial charge on any atom is -0.351 e. The molecule has 0 aliphatic heterocycles. The van der Waals surface area contributed by atoms with Gasteiger partial charge in [0.15, 0.2) is 5.16 Å². The first-order valence-electron chi connectivity index (χ1n) is 6.70. The predicted molar refractivity (Wildman–Crippen MR) is 81.1 cm³/mol. The fraction of sp³-hybridized carbons (Fsp3) is 0.538. The highest BCUT2D eigenvalue weighted by Crippen LogP contribution is 2.25. The molecule has 0 saturated heterocycles. The quantitative estimate of drug-likeness (QED) is 0.535. The van der Waals surface area contributed by atoms with Crippen LogP contribution in [0.3, 0.4) is 0 Å². The summed E-state index contributed by atoms with van der Waals surface area (Å²) in [6.07, 6.45) is 1.56. The van der Waals surface area contributed by atoms with Crippen molar-refractivity contribution in [3.05, 3.63) is 22.1 Å². The summed E-state index contributed by atoms with van der Waals surface area (Å²) in [7, 11) is 0. The maximum atomic E-state index is 11.9. The van der Waals surface area contributed by atoms with Crippen molar-refractivity contribution in [1.29, 1.82) is 0 Å². The topological polar surface area (TPSA) is 118 Å². The minimum atomic E-state index is -0.896. The number of aromatic amines is 1. The van der Waals surface area contributed by atoms with E-state index in [9.17, 15) is 14.4 Å². The molecule has 1 aromatic heterocycles. The van der Waals surface area contributed by atoms with Gasteiger partial charge in [-0.1, -0.05) is 39.0 Å². The highest BCUT2D eigenvalue weighted by molar-refractivity contribution is 8.00. The van der Waals surface area contributed by atoms with E-state index in [1.165, 1.54) is 6.07 Å². The van der Waals surface area contributed by atoms with E-state index in [1.54, 1.807) is 0 Å². The van der Waals surface area contributed by atoms with Crippen LogP contribution >= 0.6 is 11.8 Å². The number of imide groups is 1. The second-order valence-corrected chi connectivity index (χ2v) is 6.06. The maximum Gasteiger partial charge on any atom is 0.318 e. The van der Waals surface area contributed by atoms with Crippen molar-refractivity contribution < 1.29 is 9.59 Å². The van der Waals surface area contributed by atoms with Gasteiger partial charge in [0, 0.05) is 11.8 Å². The number of carbonyl (C=O) groups is 2. The van der Waals surface area contributed by atoms with Crippen LogP contribution in [0.15, 0.2) is 16.0 Å². The van der Waals surface area contributed by atoms with Crippen molar-refractivity contribution in [2.24, 2.45) is 11.7 Å². The third-order valence-corrected chi connectivity index (χ3v) is 4.06. The second-order valence-electron chi connectivity index (χ2n) is 4.93. The number of nitrogens with two attached hydrogens (primary N) is 1. The Bertz CT molecular complexity index is 571. The molecule has 116 valence electrons. The van der Waals surface area contributed by atoms with Crippen molar-refractivity contribution in [1.82, 2.24) is 15.3 Å². The number of rotatable bonds is 6.